The highest BCUT2D eigenvalue weighted by Gasteiger charge is 2.30. The molecule has 12 aromatic carbocycles. The third kappa shape index (κ3) is 32.4. The number of rotatable bonds is 30. The van der Waals surface area contributed by atoms with E-state index in [9.17, 15) is 19.5 Å². The van der Waals surface area contributed by atoms with E-state index in [0.717, 1.165) is 198 Å². The first-order valence-corrected chi connectivity index (χ1v) is 53.4. The van der Waals surface area contributed by atoms with Crippen LogP contribution in [0.2, 0.25) is 0 Å². The van der Waals surface area contributed by atoms with Gasteiger partial charge >= 0.3 is 0 Å². The smallest absolute Gasteiger partial charge is 0.165 e. The maximum atomic E-state index is 12.0. The number of phenols is 1. The Hall–Kier alpha value is -12.2. The molecule has 0 aromatic heterocycles. The molecule has 0 spiro atoms. The lowest BCUT2D eigenvalue weighted by molar-refractivity contribution is 0.0963. The highest BCUT2D eigenvalue weighted by atomic mass is 79.9. The van der Waals surface area contributed by atoms with Gasteiger partial charge in [-0.25, -0.2) is 0 Å². The van der Waals surface area contributed by atoms with Crippen molar-refractivity contribution < 1.29 is 81.4 Å². The van der Waals surface area contributed by atoms with Crippen molar-refractivity contribution >= 4 is 76.3 Å². The van der Waals surface area contributed by atoms with E-state index in [1.807, 2.05) is 140 Å². The molecule has 0 atom stereocenters. The zero-order chi connectivity index (χ0) is 102. The number of aromatic hydroxyl groups is 1. The molecule has 0 bridgehead atoms. The number of hydrogen-bond acceptors (Lipinski definition) is 20. The number of ketones is 3. The number of halogens is 3. The van der Waals surface area contributed by atoms with Crippen LogP contribution in [0.4, 0.5) is 0 Å². The summed E-state index contributed by atoms with van der Waals surface area (Å²) in [5, 5.41) is 18.3. The second kappa shape index (κ2) is 60.2. The molecule has 20 rings (SSSR count). The monoisotopic (exact) mass is 2170 g/mol. The van der Waals surface area contributed by atoms with Crippen LogP contribution in [0.25, 0.3) is 11.1 Å². The standard InChI is InChI=1S/C30H32BrNO3.C30H33NO3.C18H18O3.C12H16BrNO.C12H14O3.C11H12O3.C7H7Br.C2H6O.CH4/c1-33-28-16-14-25-26(30(28)35-21-22-7-3-2-4-8-22)13-15-27(31)29(25)23-9-11-24(12-10-23)34-20-19-32-17-5-6-18-32;1-32-29-17-16-27-26(10-7-11-28(27)30(29)34-22-23-8-3-2-4-9-23)24-12-14-25(15-13-24)33-21-20-31-18-5-6-19-31;1-20-17-11-10-14-15(8-5-9-16(14)19)18(17)21-12-13-6-3-2-4-7-13;13-11-3-5-12(6-4-11)15-10-9-14-7-1-2-8-14;1-14-11-7-6-8-9(12(11)15-2)4-3-5-10(8)13;1-14-10-6-5-7-8(11(10)13)3-2-4-9(7)12;8-6-7-4-2-1-3-5-7;1-2-3;/h2-4,7-12,14,16H,5-6,13,15,17-21H2,1H3;2-4,8-10,12-17H,5-7,11,18-22H2,1H3;2-4,6-7,10-11H,5,8-9,12H2,1H3;3-6H,1-2,7-10H2;6-7H,3-5H2,1-2H3;5-6,13H,2-4H2,1H3;1-5H,6H2;3H,2H2,1H3;1H4. The van der Waals surface area contributed by atoms with Gasteiger partial charge in [0, 0.05) is 104 Å². The molecule has 3 aliphatic heterocycles. The Bertz CT molecular complexity index is 6130. The van der Waals surface area contributed by atoms with E-state index in [1.54, 1.807) is 60.7 Å². The van der Waals surface area contributed by atoms with Crippen molar-refractivity contribution in [2.24, 2.45) is 0 Å². The van der Waals surface area contributed by atoms with Gasteiger partial charge in [0.05, 0.1) is 42.7 Å². The van der Waals surface area contributed by atoms with Crippen molar-refractivity contribution in [1.82, 2.24) is 14.7 Å². The number of allylic oxidation sites excluding steroid dienone is 2. The second-order valence-corrected chi connectivity index (χ2v) is 38.5. The number of nitrogens with zero attached hydrogens (tertiary/aromatic N) is 3. The molecule has 0 unspecified atom stereocenters. The molecule has 2 N–H and O–H groups in total. The summed E-state index contributed by atoms with van der Waals surface area (Å²) in [5.74, 6) is 9.98. The molecular weight excluding hydrogens is 2030 g/mol. The summed E-state index contributed by atoms with van der Waals surface area (Å²) in [6.07, 6.45) is 21.0. The number of alkyl halides is 1. The van der Waals surface area contributed by atoms with Gasteiger partial charge in [-0.3, -0.25) is 29.1 Å². The minimum absolute atomic E-state index is 0. The fraction of sp³-hybridized carbons (Fsp3) is 0.358. The Balaban J connectivity index is 0.000000158. The zero-order valence-electron chi connectivity index (χ0n) is 84.8. The predicted molar refractivity (Wildman–Crippen MR) is 595 cm³/mol. The van der Waals surface area contributed by atoms with Gasteiger partial charge in [0.25, 0.3) is 0 Å². The number of carbonyl (C=O) groups is 3. The first kappa shape index (κ1) is 113. The van der Waals surface area contributed by atoms with Crippen molar-refractivity contribution in [1.29, 1.82) is 0 Å². The SMILES string of the molecule is BrCc1ccccc1.Brc1ccc(OCCN2CCCC2)cc1.C.CCO.COc1ccc2c(c1O)CCCC2=O.COc1ccc2c(c1OC)CCCC2=O.COc1ccc2c(c1OCc1ccccc1)CCC(Br)=C2c1ccc(OCCN2CCCC2)cc1.COc1ccc2c(c1OCc1ccccc1)CCC=C2c1ccc(OCCN2CCCC2)cc1.COc1ccc2c(c1OCc1ccccc1)CCCC2=O. The van der Waals surface area contributed by atoms with E-state index in [1.165, 1.54) is 139 Å². The van der Waals surface area contributed by atoms with E-state index in [2.05, 4.69) is 166 Å². The van der Waals surface area contributed by atoms with E-state index in [-0.39, 0.29) is 37.1 Å². The third-order valence-electron chi connectivity index (χ3n) is 26.4. The quantitative estimate of drug-likeness (QED) is 0.0401. The number of Topliss-reactive ketones (excluding diaryl/α,β-unsaturated/α-hetero) is 3. The number of methoxy groups -OCH3 is 6. The maximum absolute atomic E-state index is 12.0. The van der Waals surface area contributed by atoms with E-state index in [4.69, 9.17) is 61.9 Å². The number of ether oxygens (including phenoxy) is 12. The van der Waals surface area contributed by atoms with E-state index in [0.29, 0.717) is 73.4 Å². The number of carbonyl (C=O) groups excluding carboxylic acids is 3. The minimum Gasteiger partial charge on any atom is -0.504 e. The lowest BCUT2D eigenvalue weighted by Crippen LogP contribution is -2.25. The molecule has 5 aliphatic carbocycles. The van der Waals surface area contributed by atoms with Crippen LogP contribution in [0, 0.1) is 0 Å². The molecule has 3 saturated heterocycles. The van der Waals surface area contributed by atoms with Gasteiger partial charge in [0.15, 0.2) is 74.8 Å². The van der Waals surface area contributed by atoms with Gasteiger partial charge in [-0.05, 0) is 302 Å². The Morgan fingerprint density at radius 1 is 0.315 bits per heavy atom. The second-order valence-electron chi connectivity index (χ2n) is 36.1. The lowest BCUT2D eigenvalue weighted by Gasteiger charge is -2.25. The highest BCUT2D eigenvalue weighted by Crippen LogP contribution is 2.48. The van der Waals surface area contributed by atoms with E-state index >= 15 is 0 Å². The molecule has 772 valence electrons. The molecule has 23 heteroatoms. The van der Waals surface area contributed by atoms with Gasteiger partial charge in [-0.1, -0.05) is 219 Å². The summed E-state index contributed by atoms with van der Waals surface area (Å²) in [4.78, 5) is 42.6. The lowest BCUT2D eigenvalue weighted by atomic mass is 9.86. The number of aliphatic hydroxyl groups is 1. The van der Waals surface area contributed by atoms with Crippen LogP contribution in [0.5, 0.6) is 74.7 Å². The molecule has 8 aliphatic rings. The fourth-order valence-corrected chi connectivity index (χ4v) is 20.2. The zero-order valence-corrected chi connectivity index (χ0v) is 89.5. The van der Waals surface area contributed by atoms with Crippen LogP contribution in [0.15, 0.2) is 270 Å². The molecule has 12 aromatic rings. The predicted octanol–water partition coefficient (Wildman–Crippen LogP) is 27.1. The molecule has 3 fully saturated rings. The average molecular weight is 2170 g/mol. The molecule has 146 heavy (non-hydrogen) atoms. The molecule has 0 amide bonds. The van der Waals surface area contributed by atoms with Crippen molar-refractivity contribution in [3.8, 4) is 74.7 Å². The summed E-state index contributed by atoms with van der Waals surface area (Å²) in [6.45, 7) is 16.1. The Labute approximate surface area is 889 Å². The van der Waals surface area contributed by atoms with Gasteiger partial charge < -0.3 is 67.1 Å². The Morgan fingerprint density at radius 3 is 1.01 bits per heavy atom. The Kier molecular flexibility index (Phi) is 46.4. The first-order chi connectivity index (χ1) is 71.0. The van der Waals surface area contributed by atoms with E-state index < -0.39 is 0 Å². The van der Waals surface area contributed by atoms with Crippen LogP contribution in [-0.2, 0) is 57.3 Å². The van der Waals surface area contributed by atoms with Crippen molar-refractivity contribution in [3.05, 3.63) is 359 Å². The number of phenolic OH excluding ortho intramolecular Hbond substituents is 1. The number of fused-ring (bicyclic) bond motifs is 5. The molecule has 0 radical (unpaired) electrons. The fourth-order valence-electron chi connectivity index (χ4n) is 18.9. The number of likely N-dealkylation sites (tertiary alicyclic amines) is 3. The van der Waals surface area contributed by atoms with Gasteiger partial charge in [0.2, 0.25) is 0 Å². The van der Waals surface area contributed by atoms with Gasteiger partial charge in [-0.2, -0.15) is 0 Å². The largest absolute Gasteiger partial charge is 0.504 e. The van der Waals surface area contributed by atoms with Gasteiger partial charge in [-0.15, -0.1) is 0 Å². The normalized spacial score (nSPS) is 14.7. The van der Waals surface area contributed by atoms with Crippen LogP contribution in [-0.4, -0.2) is 170 Å². The van der Waals surface area contributed by atoms with Crippen LogP contribution < -0.4 is 56.8 Å². The van der Waals surface area contributed by atoms with Crippen LogP contribution >= 0.6 is 47.8 Å². The minimum atomic E-state index is 0. The number of benzene rings is 12. The molecule has 0 saturated carbocycles. The Morgan fingerprint density at radius 2 is 0.637 bits per heavy atom. The summed E-state index contributed by atoms with van der Waals surface area (Å²) in [7, 11) is 9.76. The maximum Gasteiger partial charge on any atom is 0.165 e. The van der Waals surface area contributed by atoms with Crippen LogP contribution in [0.1, 0.15) is 208 Å². The van der Waals surface area contributed by atoms with Crippen LogP contribution in [0.3, 0.4) is 0 Å². The average Bonchev–Trinajstić information content (AvgIpc) is 0.812. The van der Waals surface area contributed by atoms with Crippen molar-refractivity contribution in [2.75, 3.05) is 128 Å². The summed E-state index contributed by atoms with van der Waals surface area (Å²) in [5.41, 5.74) is 19.3. The number of aliphatic hydroxyl groups excluding tert-OH is 1. The summed E-state index contributed by atoms with van der Waals surface area (Å²) < 4.78 is 70.9. The van der Waals surface area contributed by atoms with Crippen molar-refractivity contribution in [2.45, 2.75) is 161 Å². The summed E-state index contributed by atoms with van der Waals surface area (Å²) >= 11 is 10.6. The summed E-state index contributed by atoms with van der Waals surface area (Å²) in [6, 6.07) is 84.8. The topological polar surface area (TPSA) is 212 Å². The van der Waals surface area contributed by atoms with Gasteiger partial charge in [0.1, 0.15) is 56.9 Å². The molecule has 20 nitrogen and oxygen atoms in total. The third-order valence-corrected chi connectivity index (χ3v) is 28.4. The molecule has 3 heterocycles. The van der Waals surface area contributed by atoms with Crippen molar-refractivity contribution in [3.63, 3.8) is 0 Å². The molecular formula is C123H142Br3N3O17. The number of hydrogen-bond donors (Lipinski definition) is 2. The first-order valence-electron chi connectivity index (χ1n) is 50.7. The highest BCUT2D eigenvalue weighted by molar-refractivity contribution is 9.12.